The Morgan fingerprint density at radius 3 is 2.13 bits per heavy atom. The Hall–Kier alpha value is -0.580. The predicted octanol–water partition coefficient (Wildman–Crippen LogP) is 1.70. The zero-order chi connectivity index (χ0) is 12.3. The summed E-state index contributed by atoms with van der Waals surface area (Å²) in [5.41, 5.74) is -0.464. The molecule has 5 heteroatoms. The van der Waals surface area contributed by atoms with Crippen LogP contribution in [0, 0.1) is 5.41 Å². The lowest BCUT2D eigenvalue weighted by Crippen LogP contribution is -2.24. The van der Waals surface area contributed by atoms with E-state index in [2.05, 4.69) is 0 Å². The lowest BCUT2D eigenvalue weighted by Gasteiger charge is -2.22. The molecule has 0 aromatic rings. The van der Waals surface area contributed by atoms with Gasteiger partial charge >= 0.3 is 5.97 Å². The van der Waals surface area contributed by atoms with Crippen molar-refractivity contribution in [2.24, 2.45) is 5.41 Å². The minimum atomic E-state index is -3.06. The molecule has 0 saturated carbocycles. The van der Waals surface area contributed by atoms with E-state index in [1.54, 1.807) is 27.7 Å². The first kappa shape index (κ1) is 14.4. The number of hydrogen-bond donors (Lipinski definition) is 1. The Bertz CT molecular complexity index is 314. The van der Waals surface area contributed by atoms with Crippen molar-refractivity contribution in [3.8, 4) is 0 Å². The summed E-state index contributed by atoms with van der Waals surface area (Å²) in [6.07, 6.45) is 0.389. The second kappa shape index (κ2) is 4.96. The van der Waals surface area contributed by atoms with E-state index in [0.717, 1.165) is 0 Å². The monoisotopic (exact) mass is 236 g/mol. The number of rotatable bonds is 6. The molecule has 0 radical (unpaired) electrons. The normalized spacial score (nSPS) is 13.1. The van der Waals surface area contributed by atoms with E-state index in [4.69, 9.17) is 5.11 Å². The van der Waals surface area contributed by atoms with E-state index < -0.39 is 26.5 Å². The van der Waals surface area contributed by atoms with E-state index in [1.807, 2.05) is 0 Å². The van der Waals surface area contributed by atoms with Gasteiger partial charge in [-0.15, -0.1) is 0 Å². The summed E-state index contributed by atoms with van der Waals surface area (Å²) in [6.45, 7) is 6.83. The minimum Gasteiger partial charge on any atom is -0.481 e. The van der Waals surface area contributed by atoms with Crippen molar-refractivity contribution in [3.05, 3.63) is 0 Å². The molecule has 0 aliphatic rings. The molecule has 0 atom stereocenters. The number of carbonyl (C=O) groups is 1. The smallest absolute Gasteiger partial charge is 0.303 e. The van der Waals surface area contributed by atoms with E-state index in [-0.39, 0.29) is 12.2 Å². The van der Waals surface area contributed by atoms with E-state index in [0.29, 0.717) is 6.42 Å². The average Bonchev–Trinajstić information content (AvgIpc) is 1.98. The van der Waals surface area contributed by atoms with Gasteiger partial charge in [0.05, 0.1) is 17.4 Å². The molecule has 0 saturated heterocycles. The summed E-state index contributed by atoms with van der Waals surface area (Å²) in [5, 5.41) is 8.25. The van der Waals surface area contributed by atoms with Gasteiger partial charge in [-0.2, -0.15) is 0 Å². The Labute approximate surface area is 91.6 Å². The third kappa shape index (κ3) is 5.77. The van der Waals surface area contributed by atoms with Crippen LogP contribution < -0.4 is 0 Å². The summed E-state index contributed by atoms with van der Waals surface area (Å²) < 4.78 is 23.0. The fourth-order valence-corrected chi connectivity index (χ4v) is 2.46. The van der Waals surface area contributed by atoms with Crippen LogP contribution in [0.4, 0.5) is 0 Å². The molecule has 0 unspecified atom stereocenters. The van der Waals surface area contributed by atoms with Gasteiger partial charge < -0.3 is 5.11 Å². The topological polar surface area (TPSA) is 71.4 Å². The fraction of sp³-hybridized carbons (Fsp3) is 0.900. The van der Waals surface area contributed by atoms with Crippen molar-refractivity contribution >= 4 is 15.8 Å². The summed E-state index contributed by atoms with van der Waals surface area (Å²) in [7, 11) is -3.06. The van der Waals surface area contributed by atoms with Gasteiger partial charge in [-0.05, 0) is 25.7 Å². The first-order chi connectivity index (χ1) is 6.57. The SMILES string of the molecule is CC(C)S(=O)(=O)CCC(C)(C)CC(=O)O. The van der Waals surface area contributed by atoms with Crippen LogP contribution >= 0.6 is 0 Å². The van der Waals surface area contributed by atoms with Crippen molar-refractivity contribution in [1.29, 1.82) is 0 Å². The summed E-state index contributed by atoms with van der Waals surface area (Å²) in [4.78, 5) is 10.5. The number of carboxylic acids is 1. The molecular weight excluding hydrogens is 216 g/mol. The lowest BCUT2D eigenvalue weighted by atomic mass is 9.87. The van der Waals surface area contributed by atoms with E-state index in [1.165, 1.54) is 0 Å². The molecule has 0 aliphatic heterocycles. The summed E-state index contributed by atoms with van der Waals surface area (Å²) >= 11 is 0. The molecule has 0 aromatic heterocycles. The molecule has 0 spiro atoms. The molecule has 0 amide bonds. The van der Waals surface area contributed by atoms with Gasteiger partial charge in [0.1, 0.15) is 0 Å². The quantitative estimate of drug-likeness (QED) is 0.762. The largest absolute Gasteiger partial charge is 0.481 e. The maximum atomic E-state index is 11.5. The molecule has 0 heterocycles. The van der Waals surface area contributed by atoms with Gasteiger partial charge in [-0.3, -0.25) is 4.79 Å². The lowest BCUT2D eigenvalue weighted by molar-refractivity contribution is -0.139. The zero-order valence-electron chi connectivity index (χ0n) is 9.78. The highest BCUT2D eigenvalue weighted by atomic mass is 32.2. The Morgan fingerprint density at radius 1 is 1.33 bits per heavy atom. The van der Waals surface area contributed by atoms with Crippen molar-refractivity contribution in [2.45, 2.75) is 45.8 Å². The number of sulfone groups is 1. The van der Waals surface area contributed by atoms with Crippen molar-refractivity contribution in [3.63, 3.8) is 0 Å². The Morgan fingerprint density at radius 2 is 1.80 bits per heavy atom. The van der Waals surface area contributed by atoms with Crippen molar-refractivity contribution in [1.82, 2.24) is 0 Å². The third-order valence-electron chi connectivity index (χ3n) is 2.41. The van der Waals surface area contributed by atoms with Crippen molar-refractivity contribution in [2.75, 3.05) is 5.75 Å². The highest BCUT2D eigenvalue weighted by Gasteiger charge is 2.25. The molecule has 0 rings (SSSR count). The average molecular weight is 236 g/mol. The molecule has 90 valence electrons. The fourth-order valence-electron chi connectivity index (χ4n) is 1.15. The molecule has 4 nitrogen and oxygen atoms in total. The maximum Gasteiger partial charge on any atom is 0.303 e. The highest BCUT2D eigenvalue weighted by molar-refractivity contribution is 7.91. The maximum absolute atomic E-state index is 11.5. The minimum absolute atomic E-state index is 0.000610. The highest BCUT2D eigenvalue weighted by Crippen LogP contribution is 2.26. The zero-order valence-corrected chi connectivity index (χ0v) is 10.6. The standard InChI is InChI=1S/C10H20O4S/c1-8(2)15(13,14)6-5-10(3,4)7-9(11)12/h8H,5-7H2,1-4H3,(H,11,12). The van der Waals surface area contributed by atoms with Gasteiger partial charge in [0.25, 0.3) is 0 Å². The van der Waals surface area contributed by atoms with Crippen LogP contribution in [0.2, 0.25) is 0 Å². The van der Waals surface area contributed by atoms with Gasteiger partial charge in [0.15, 0.2) is 9.84 Å². The molecule has 0 aromatic carbocycles. The van der Waals surface area contributed by atoms with Gasteiger partial charge in [0, 0.05) is 0 Å². The molecule has 15 heavy (non-hydrogen) atoms. The van der Waals surface area contributed by atoms with Gasteiger partial charge in [0.2, 0.25) is 0 Å². The first-order valence-corrected chi connectivity index (χ1v) is 6.72. The van der Waals surface area contributed by atoms with Crippen LogP contribution in [-0.2, 0) is 14.6 Å². The van der Waals surface area contributed by atoms with Crippen LogP contribution in [0.5, 0.6) is 0 Å². The number of hydrogen-bond acceptors (Lipinski definition) is 3. The van der Waals surface area contributed by atoms with Gasteiger partial charge in [-0.1, -0.05) is 13.8 Å². The second-order valence-electron chi connectivity index (χ2n) is 4.90. The van der Waals surface area contributed by atoms with Crippen LogP contribution in [0.25, 0.3) is 0 Å². The third-order valence-corrected chi connectivity index (χ3v) is 4.62. The van der Waals surface area contributed by atoms with Crippen LogP contribution in [0.15, 0.2) is 0 Å². The van der Waals surface area contributed by atoms with E-state index >= 15 is 0 Å². The molecular formula is C10H20O4S. The van der Waals surface area contributed by atoms with Crippen LogP contribution in [-0.4, -0.2) is 30.5 Å². The number of carboxylic acid groups (broad SMARTS) is 1. The summed E-state index contributed by atoms with van der Waals surface area (Å²) in [6, 6.07) is 0. The second-order valence-corrected chi connectivity index (χ2v) is 7.58. The molecule has 1 N–H and O–H groups in total. The summed E-state index contributed by atoms with van der Waals surface area (Å²) in [5.74, 6) is -0.827. The predicted molar refractivity (Wildman–Crippen MR) is 59.6 cm³/mol. The first-order valence-electron chi connectivity index (χ1n) is 5.00. The van der Waals surface area contributed by atoms with Crippen molar-refractivity contribution < 1.29 is 18.3 Å². The van der Waals surface area contributed by atoms with E-state index in [9.17, 15) is 13.2 Å². The molecule has 0 aliphatic carbocycles. The number of aliphatic carboxylic acids is 1. The van der Waals surface area contributed by atoms with Gasteiger partial charge in [-0.25, -0.2) is 8.42 Å². The van der Waals surface area contributed by atoms with Crippen LogP contribution in [0.3, 0.4) is 0 Å². The Kier molecular flexibility index (Phi) is 4.77. The van der Waals surface area contributed by atoms with Crippen LogP contribution in [0.1, 0.15) is 40.5 Å². The molecule has 0 fully saturated rings. The Balaban J connectivity index is 4.33. The molecule has 0 bridgehead atoms.